The van der Waals surface area contributed by atoms with Crippen LogP contribution in [0, 0.1) is 0 Å². The minimum Gasteiger partial charge on any atom is -0.389 e. The highest BCUT2D eigenvalue weighted by atomic mass is 16.3. The Labute approximate surface area is 97.9 Å². The van der Waals surface area contributed by atoms with Gasteiger partial charge in [0.2, 0.25) is 0 Å². The molecule has 0 bridgehead atoms. The van der Waals surface area contributed by atoms with Gasteiger partial charge in [0.15, 0.2) is 0 Å². The minimum atomic E-state index is -0.370. The van der Waals surface area contributed by atoms with E-state index in [1.54, 1.807) is 0 Å². The quantitative estimate of drug-likeness (QED) is 0.826. The van der Waals surface area contributed by atoms with Crippen molar-refractivity contribution in [3.63, 3.8) is 0 Å². The molecule has 0 aliphatic carbocycles. The molecule has 2 rings (SSSR count). The van der Waals surface area contributed by atoms with E-state index in [1.807, 2.05) is 13.0 Å². The predicted octanol–water partition coefficient (Wildman–Crippen LogP) is 3.07. The highest BCUT2D eigenvalue weighted by molar-refractivity contribution is 5.61. The van der Waals surface area contributed by atoms with Gasteiger partial charge >= 0.3 is 0 Å². The van der Waals surface area contributed by atoms with Crippen molar-refractivity contribution in [2.24, 2.45) is 0 Å². The van der Waals surface area contributed by atoms with Crippen molar-refractivity contribution in [2.45, 2.75) is 45.8 Å². The topological polar surface area (TPSA) is 23.5 Å². The highest BCUT2D eigenvalue weighted by Crippen LogP contribution is 2.38. The number of aliphatic hydroxyl groups is 1. The van der Waals surface area contributed by atoms with Crippen LogP contribution in [0.2, 0.25) is 0 Å². The van der Waals surface area contributed by atoms with Crippen molar-refractivity contribution in [3.05, 3.63) is 29.3 Å². The van der Waals surface area contributed by atoms with E-state index >= 15 is 0 Å². The van der Waals surface area contributed by atoms with Crippen LogP contribution in [-0.2, 0) is 0 Å². The first-order valence-electron chi connectivity index (χ1n) is 6.09. The third-order valence-corrected chi connectivity index (χ3v) is 3.47. The lowest BCUT2D eigenvalue weighted by Crippen LogP contribution is -2.28. The summed E-state index contributed by atoms with van der Waals surface area (Å²) >= 11 is 0. The Morgan fingerprint density at radius 1 is 1.31 bits per heavy atom. The number of anilines is 1. The first kappa shape index (κ1) is 11.5. The summed E-state index contributed by atoms with van der Waals surface area (Å²) in [6.45, 7) is 9.62. The lowest BCUT2D eigenvalue weighted by Gasteiger charge is -2.24. The summed E-state index contributed by atoms with van der Waals surface area (Å²) in [4.78, 5) is 2.44. The minimum absolute atomic E-state index is 0.370. The van der Waals surface area contributed by atoms with Gasteiger partial charge in [-0.3, -0.25) is 0 Å². The maximum Gasteiger partial charge on any atom is 0.0762 e. The number of fused-ring (bicyclic) bond motifs is 1. The van der Waals surface area contributed by atoms with Crippen LogP contribution < -0.4 is 4.90 Å². The third-order valence-electron chi connectivity index (χ3n) is 3.47. The molecule has 0 saturated heterocycles. The van der Waals surface area contributed by atoms with Gasteiger partial charge in [-0.25, -0.2) is 0 Å². The predicted molar refractivity (Wildman–Crippen MR) is 68.0 cm³/mol. The zero-order valence-electron chi connectivity index (χ0n) is 10.6. The molecule has 0 spiro atoms. The maximum absolute atomic E-state index is 9.60. The first-order chi connectivity index (χ1) is 7.50. The van der Waals surface area contributed by atoms with Crippen LogP contribution in [0.3, 0.4) is 0 Å². The van der Waals surface area contributed by atoms with E-state index in [9.17, 15) is 5.11 Å². The van der Waals surface area contributed by atoms with Gasteiger partial charge in [-0.1, -0.05) is 19.1 Å². The first-order valence-corrected chi connectivity index (χ1v) is 6.09. The molecule has 2 unspecified atom stereocenters. The maximum atomic E-state index is 9.60. The molecular weight excluding hydrogens is 198 g/mol. The van der Waals surface area contributed by atoms with Crippen molar-refractivity contribution >= 4 is 5.69 Å². The molecule has 1 aromatic carbocycles. The van der Waals surface area contributed by atoms with Gasteiger partial charge in [0.25, 0.3) is 0 Å². The van der Waals surface area contributed by atoms with Crippen LogP contribution in [0.25, 0.3) is 0 Å². The molecule has 2 heteroatoms. The Morgan fingerprint density at radius 3 is 2.56 bits per heavy atom. The largest absolute Gasteiger partial charge is 0.389 e. The van der Waals surface area contributed by atoms with Gasteiger partial charge in [-0.15, -0.1) is 0 Å². The average molecular weight is 219 g/mol. The van der Waals surface area contributed by atoms with E-state index in [-0.39, 0.29) is 6.10 Å². The number of nitrogens with zero attached hydrogens (tertiary/aromatic N) is 1. The number of benzene rings is 1. The molecule has 1 aliphatic rings. The summed E-state index contributed by atoms with van der Waals surface area (Å²) in [5, 5.41) is 9.60. The molecular formula is C14H21NO. The van der Waals surface area contributed by atoms with E-state index in [0.29, 0.717) is 12.0 Å². The van der Waals surface area contributed by atoms with Crippen molar-refractivity contribution in [2.75, 3.05) is 11.4 Å². The van der Waals surface area contributed by atoms with Gasteiger partial charge in [-0.2, -0.15) is 0 Å². The van der Waals surface area contributed by atoms with E-state index in [0.717, 1.165) is 12.1 Å². The second kappa shape index (κ2) is 4.10. The number of hydrogen-bond donors (Lipinski definition) is 1. The monoisotopic (exact) mass is 219 g/mol. The molecule has 0 fully saturated rings. The fourth-order valence-electron chi connectivity index (χ4n) is 2.47. The van der Waals surface area contributed by atoms with Crippen LogP contribution in [0.1, 0.15) is 50.8 Å². The Kier molecular flexibility index (Phi) is 2.94. The molecule has 2 atom stereocenters. The molecule has 0 amide bonds. The summed E-state index contributed by atoms with van der Waals surface area (Å²) in [5.41, 5.74) is 3.75. The van der Waals surface area contributed by atoms with Gasteiger partial charge < -0.3 is 10.0 Å². The lowest BCUT2D eigenvalue weighted by atomic mass is 9.99. The zero-order chi connectivity index (χ0) is 11.9. The highest BCUT2D eigenvalue weighted by Gasteiger charge is 2.27. The van der Waals surface area contributed by atoms with Gasteiger partial charge in [0, 0.05) is 24.2 Å². The van der Waals surface area contributed by atoms with E-state index in [2.05, 4.69) is 37.8 Å². The van der Waals surface area contributed by atoms with Crippen LogP contribution in [0.15, 0.2) is 18.2 Å². The molecule has 1 aliphatic heterocycles. The Balaban J connectivity index is 2.41. The fraction of sp³-hybridized carbons (Fsp3) is 0.571. The second-order valence-electron chi connectivity index (χ2n) is 5.14. The van der Waals surface area contributed by atoms with Crippen LogP contribution in [0.5, 0.6) is 0 Å². The van der Waals surface area contributed by atoms with Crippen LogP contribution in [-0.4, -0.2) is 17.7 Å². The molecule has 0 saturated carbocycles. The standard InChI is InChI=1S/C14H21NO/c1-9(2)15-8-10(3)13-7-12(11(4)16)5-6-14(13)15/h5-7,9-11,16H,8H2,1-4H3. The Bertz CT molecular complexity index is 384. The Morgan fingerprint density at radius 2 is 2.00 bits per heavy atom. The zero-order valence-corrected chi connectivity index (χ0v) is 10.6. The van der Waals surface area contributed by atoms with Gasteiger partial charge in [0.05, 0.1) is 6.10 Å². The van der Waals surface area contributed by atoms with Crippen molar-refractivity contribution in [1.82, 2.24) is 0 Å². The summed E-state index contributed by atoms with van der Waals surface area (Å²) < 4.78 is 0. The fourth-order valence-corrected chi connectivity index (χ4v) is 2.47. The summed E-state index contributed by atoms with van der Waals surface area (Å²) in [6.07, 6.45) is -0.370. The number of hydrogen-bond acceptors (Lipinski definition) is 2. The number of aliphatic hydroxyl groups excluding tert-OH is 1. The van der Waals surface area contributed by atoms with E-state index in [4.69, 9.17) is 0 Å². The molecule has 1 aromatic rings. The van der Waals surface area contributed by atoms with Crippen LogP contribution in [0.4, 0.5) is 5.69 Å². The summed E-state index contributed by atoms with van der Waals surface area (Å²) in [7, 11) is 0. The molecule has 88 valence electrons. The second-order valence-corrected chi connectivity index (χ2v) is 5.14. The molecule has 16 heavy (non-hydrogen) atoms. The molecule has 0 aromatic heterocycles. The SMILES string of the molecule is CC(O)c1ccc2c(c1)C(C)CN2C(C)C. The number of rotatable bonds is 2. The lowest BCUT2D eigenvalue weighted by molar-refractivity contribution is 0.199. The molecule has 0 radical (unpaired) electrons. The van der Waals surface area contributed by atoms with Crippen molar-refractivity contribution in [1.29, 1.82) is 0 Å². The summed E-state index contributed by atoms with van der Waals surface area (Å²) in [6, 6.07) is 6.89. The molecule has 2 nitrogen and oxygen atoms in total. The summed E-state index contributed by atoms with van der Waals surface area (Å²) in [5.74, 6) is 0.566. The Hall–Kier alpha value is -1.02. The smallest absolute Gasteiger partial charge is 0.0762 e. The average Bonchev–Trinajstić information content (AvgIpc) is 2.56. The van der Waals surface area contributed by atoms with E-state index < -0.39 is 0 Å². The normalized spacial score (nSPS) is 21.4. The van der Waals surface area contributed by atoms with Gasteiger partial charge in [-0.05, 0) is 38.0 Å². The van der Waals surface area contributed by atoms with E-state index in [1.165, 1.54) is 11.3 Å². The van der Waals surface area contributed by atoms with Gasteiger partial charge in [0.1, 0.15) is 0 Å². The molecule has 1 N–H and O–H groups in total. The third kappa shape index (κ3) is 1.82. The van der Waals surface area contributed by atoms with Crippen molar-refractivity contribution < 1.29 is 5.11 Å². The van der Waals surface area contributed by atoms with Crippen molar-refractivity contribution in [3.8, 4) is 0 Å². The molecule has 1 heterocycles. The van der Waals surface area contributed by atoms with Crippen LogP contribution >= 0.6 is 0 Å².